The summed E-state index contributed by atoms with van der Waals surface area (Å²) in [5.41, 5.74) is 4.48. The van der Waals surface area contributed by atoms with Crippen LogP contribution in [0, 0.1) is 13.8 Å². The number of hydrogen-bond donors (Lipinski definition) is 0. The average molecular weight is 216 g/mol. The second-order valence-corrected chi connectivity index (χ2v) is 3.99. The highest BCUT2D eigenvalue weighted by Gasteiger charge is 2.07. The molecule has 0 saturated heterocycles. The minimum absolute atomic E-state index is 0.917. The number of methoxy groups -OCH3 is 1. The molecule has 0 unspecified atom stereocenters. The highest BCUT2D eigenvalue weighted by Crippen LogP contribution is 2.28. The van der Waals surface area contributed by atoms with Crippen LogP contribution in [0.1, 0.15) is 11.3 Å². The van der Waals surface area contributed by atoms with E-state index in [1.807, 2.05) is 31.8 Å². The van der Waals surface area contributed by atoms with Crippen LogP contribution in [0.2, 0.25) is 0 Å². The predicted octanol–water partition coefficient (Wildman–Crippen LogP) is 2.71. The van der Waals surface area contributed by atoms with E-state index in [9.17, 15) is 0 Å². The third kappa shape index (κ3) is 1.81. The van der Waals surface area contributed by atoms with Crippen LogP contribution in [0.3, 0.4) is 0 Å². The summed E-state index contributed by atoms with van der Waals surface area (Å²) in [5, 5.41) is 4.34. The van der Waals surface area contributed by atoms with Gasteiger partial charge in [0.2, 0.25) is 0 Å². The van der Waals surface area contributed by atoms with Crippen LogP contribution in [-0.4, -0.2) is 16.9 Å². The Morgan fingerprint density at radius 3 is 2.56 bits per heavy atom. The van der Waals surface area contributed by atoms with Gasteiger partial charge in [0.1, 0.15) is 5.75 Å². The summed E-state index contributed by atoms with van der Waals surface area (Å²) >= 11 is 0. The highest BCUT2D eigenvalue weighted by atomic mass is 16.5. The molecule has 1 heterocycles. The Hall–Kier alpha value is -1.77. The fourth-order valence-corrected chi connectivity index (χ4v) is 1.87. The van der Waals surface area contributed by atoms with Gasteiger partial charge >= 0.3 is 0 Å². The third-order valence-corrected chi connectivity index (χ3v) is 2.73. The number of rotatable bonds is 2. The Labute approximate surface area is 95.7 Å². The number of nitrogens with zero attached hydrogens (tertiary/aromatic N) is 2. The first kappa shape index (κ1) is 10.7. The molecule has 3 heteroatoms. The molecule has 0 aliphatic rings. The summed E-state index contributed by atoms with van der Waals surface area (Å²) in [7, 11) is 3.63. The number of ether oxygens (including phenoxy) is 1. The molecule has 16 heavy (non-hydrogen) atoms. The maximum atomic E-state index is 5.33. The van der Waals surface area contributed by atoms with Crippen molar-refractivity contribution in [1.82, 2.24) is 9.78 Å². The minimum Gasteiger partial charge on any atom is -0.496 e. The zero-order valence-electron chi connectivity index (χ0n) is 10.1. The maximum Gasteiger partial charge on any atom is 0.122 e. The zero-order valence-corrected chi connectivity index (χ0v) is 10.1. The van der Waals surface area contributed by atoms with E-state index >= 15 is 0 Å². The van der Waals surface area contributed by atoms with Gasteiger partial charge in [0, 0.05) is 18.8 Å². The fourth-order valence-electron chi connectivity index (χ4n) is 1.87. The minimum atomic E-state index is 0.917. The van der Waals surface area contributed by atoms with Crippen LogP contribution in [0.4, 0.5) is 0 Å². The molecular formula is C13H16N2O. The van der Waals surface area contributed by atoms with E-state index in [1.165, 1.54) is 0 Å². The smallest absolute Gasteiger partial charge is 0.122 e. The molecular weight excluding hydrogens is 200 g/mol. The summed E-state index contributed by atoms with van der Waals surface area (Å²) in [6.07, 6.45) is 2.03. The largest absolute Gasteiger partial charge is 0.496 e. The molecule has 0 atom stereocenters. The standard InChI is InChI=1S/C13H16N2O/c1-9-5-6-11(7-13(9)16-4)12-8-15(3)14-10(12)2/h5-8H,1-4H3. The molecule has 1 aromatic carbocycles. The van der Waals surface area contributed by atoms with Gasteiger partial charge in [-0.1, -0.05) is 12.1 Å². The van der Waals surface area contributed by atoms with Gasteiger partial charge in [-0.05, 0) is 31.0 Å². The zero-order chi connectivity index (χ0) is 11.7. The van der Waals surface area contributed by atoms with Crippen molar-refractivity contribution >= 4 is 0 Å². The van der Waals surface area contributed by atoms with Crippen molar-refractivity contribution in [3.63, 3.8) is 0 Å². The van der Waals surface area contributed by atoms with Crippen molar-refractivity contribution in [2.75, 3.05) is 7.11 Å². The van der Waals surface area contributed by atoms with Crippen molar-refractivity contribution in [3.8, 4) is 16.9 Å². The van der Waals surface area contributed by atoms with Crippen LogP contribution >= 0.6 is 0 Å². The van der Waals surface area contributed by atoms with Crippen LogP contribution in [0.5, 0.6) is 5.75 Å². The van der Waals surface area contributed by atoms with E-state index < -0.39 is 0 Å². The Morgan fingerprint density at radius 1 is 1.25 bits per heavy atom. The SMILES string of the molecule is COc1cc(-c2cn(C)nc2C)ccc1C. The van der Waals surface area contributed by atoms with Gasteiger partial charge < -0.3 is 4.74 Å². The van der Waals surface area contributed by atoms with Gasteiger partial charge in [-0.3, -0.25) is 4.68 Å². The van der Waals surface area contributed by atoms with Crippen molar-refractivity contribution in [3.05, 3.63) is 35.7 Å². The molecule has 2 rings (SSSR count). The van der Waals surface area contributed by atoms with Gasteiger partial charge in [0.15, 0.2) is 0 Å². The highest BCUT2D eigenvalue weighted by molar-refractivity contribution is 5.67. The van der Waals surface area contributed by atoms with Gasteiger partial charge in [0.05, 0.1) is 12.8 Å². The second kappa shape index (κ2) is 4.00. The Morgan fingerprint density at radius 2 is 2.00 bits per heavy atom. The monoisotopic (exact) mass is 216 g/mol. The Balaban J connectivity index is 2.52. The first-order chi connectivity index (χ1) is 7.61. The summed E-state index contributed by atoms with van der Waals surface area (Å²) in [6.45, 7) is 4.06. The molecule has 0 bridgehead atoms. The summed E-state index contributed by atoms with van der Waals surface area (Å²) < 4.78 is 7.16. The molecule has 0 saturated carbocycles. The summed E-state index contributed by atoms with van der Waals surface area (Å²) in [4.78, 5) is 0. The van der Waals surface area contributed by atoms with E-state index in [4.69, 9.17) is 4.74 Å². The average Bonchev–Trinajstić information content (AvgIpc) is 2.59. The number of hydrogen-bond acceptors (Lipinski definition) is 2. The quantitative estimate of drug-likeness (QED) is 0.771. The lowest BCUT2D eigenvalue weighted by molar-refractivity contribution is 0.412. The third-order valence-electron chi connectivity index (χ3n) is 2.73. The van der Waals surface area contributed by atoms with E-state index in [-0.39, 0.29) is 0 Å². The fraction of sp³-hybridized carbons (Fsp3) is 0.308. The Bertz CT molecular complexity index is 515. The van der Waals surface area contributed by atoms with E-state index in [2.05, 4.69) is 23.3 Å². The lowest BCUT2D eigenvalue weighted by Crippen LogP contribution is -1.88. The molecule has 0 spiro atoms. The first-order valence-electron chi connectivity index (χ1n) is 5.27. The molecule has 1 aromatic heterocycles. The number of aryl methyl sites for hydroxylation is 3. The van der Waals surface area contributed by atoms with E-state index in [0.29, 0.717) is 0 Å². The second-order valence-electron chi connectivity index (χ2n) is 3.99. The van der Waals surface area contributed by atoms with Gasteiger partial charge in [-0.2, -0.15) is 5.10 Å². The molecule has 0 radical (unpaired) electrons. The summed E-state index contributed by atoms with van der Waals surface area (Å²) in [6, 6.07) is 6.22. The van der Waals surface area contributed by atoms with Gasteiger partial charge in [-0.15, -0.1) is 0 Å². The first-order valence-corrected chi connectivity index (χ1v) is 5.27. The van der Waals surface area contributed by atoms with Gasteiger partial charge in [0.25, 0.3) is 0 Å². The molecule has 0 aliphatic heterocycles. The molecule has 84 valence electrons. The lowest BCUT2D eigenvalue weighted by Gasteiger charge is -2.06. The lowest BCUT2D eigenvalue weighted by atomic mass is 10.0. The summed E-state index contributed by atoms with van der Waals surface area (Å²) in [5.74, 6) is 0.917. The van der Waals surface area contributed by atoms with E-state index in [1.54, 1.807) is 7.11 Å². The number of aromatic nitrogens is 2. The molecule has 0 amide bonds. The topological polar surface area (TPSA) is 27.1 Å². The van der Waals surface area contributed by atoms with Crippen molar-refractivity contribution < 1.29 is 4.74 Å². The molecule has 2 aromatic rings. The van der Waals surface area contributed by atoms with Crippen molar-refractivity contribution in [2.45, 2.75) is 13.8 Å². The molecule has 3 nitrogen and oxygen atoms in total. The van der Waals surface area contributed by atoms with Crippen LogP contribution in [-0.2, 0) is 7.05 Å². The maximum absolute atomic E-state index is 5.33. The van der Waals surface area contributed by atoms with E-state index in [0.717, 1.165) is 28.1 Å². The van der Waals surface area contributed by atoms with Crippen molar-refractivity contribution in [1.29, 1.82) is 0 Å². The Kier molecular flexibility index (Phi) is 2.69. The normalized spacial score (nSPS) is 10.5. The molecule has 0 aliphatic carbocycles. The van der Waals surface area contributed by atoms with Crippen molar-refractivity contribution in [2.24, 2.45) is 7.05 Å². The predicted molar refractivity (Wildman–Crippen MR) is 64.7 cm³/mol. The molecule has 0 N–H and O–H groups in total. The van der Waals surface area contributed by atoms with Crippen LogP contribution < -0.4 is 4.74 Å². The van der Waals surface area contributed by atoms with Crippen LogP contribution in [0.15, 0.2) is 24.4 Å². The number of benzene rings is 1. The molecule has 0 fully saturated rings. The van der Waals surface area contributed by atoms with Gasteiger partial charge in [-0.25, -0.2) is 0 Å². The van der Waals surface area contributed by atoms with Crippen LogP contribution in [0.25, 0.3) is 11.1 Å².